The molecule has 0 atom stereocenters. The van der Waals surface area contributed by atoms with E-state index in [1.165, 1.54) is 18.7 Å². The van der Waals surface area contributed by atoms with Crippen LogP contribution >= 0.6 is 0 Å². The summed E-state index contributed by atoms with van der Waals surface area (Å²) in [5.74, 6) is 1.05. The molecule has 1 saturated heterocycles. The maximum absolute atomic E-state index is 11.1. The summed E-state index contributed by atoms with van der Waals surface area (Å²) in [5.41, 5.74) is 1.85. The van der Waals surface area contributed by atoms with Gasteiger partial charge in [-0.2, -0.15) is 0 Å². The second kappa shape index (κ2) is 11.1. The molecule has 0 aliphatic carbocycles. The van der Waals surface area contributed by atoms with Crippen molar-refractivity contribution in [1.82, 2.24) is 14.9 Å². The molecule has 0 bridgehead atoms. The summed E-state index contributed by atoms with van der Waals surface area (Å²) in [6.45, 7) is 5.63. The van der Waals surface area contributed by atoms with E-state index in [0.29, 0.717) is 24.7 Å². The van der Waals surface area contributed by atoms with E-state index in [2.05, 4.69) is 37.1 Å². The zero-order valence-electron chi connectivity index (χ0n) is 16.5. The molecule has 1 fully saturated rings. The van der Waals surface area contributed by atoms with Crippen molar-refractivity contribution in [2.45, 2.75) is 6.54 Å². The van der Waals surface area contributed by atoms with Gasteiger partial charge in [0.05, 0.1) is 45.0 Å². The Hall–Kier alpha value is -2.97. The van der Waals surface area contributed by atoms with Crippen LogP contribution in [-0.4, -0.2) is 67.4 Å². The van der Waals surface area contributed by atoms with Gasteiger partial charge in [-0.05, 0) is 23.8 Å². The molecule has 29 heavy (non-hydrogen) atoms. The lowest BCUT2D eigenvalue weighted by molar-refractivity contribution is -0.134. The SMILES string of the molecule is COC(=O)/C=C/c1cnc(NCCOc2ccc(CN3CCOCC3)cc2)cn1. The van der Waals surface area contributed by atoms with E-state index in [0.717, 1.165) is 38.6 Å². The third-order valence-electron chi connectivity index (χ3n) is 4.37. The molecule has 0 saturated carbocycles. The molecule has 1 aliphatic heterocycles. The van der Waals surface area contributed by atoms with Gasteiger partial charge in [0, 0.05) is 25.7 Å². The summed E-state index contributed by atoms with van der Waals surface area (Å²) in [5, 5.41) is 3.15. The molecule has 1 aromatic heterocycles. The van der Waals surface area contributed by atoms with Gasteiger partial charge in [0.25, 0.3) is 0 Å². The van der Waals surface area contributed by atoms with Crippen molar-refractivity contribution in [2.24, 2.45) is 0 Å². The third kappa shape index (κ3) is 7.17. The van der Waals surface area contributed by atoms with Gasteiger partial charge in [0.1, 0.15) is 18.2 Å². The predicted octanol–water partition coefficient (Wildman–Crippen LogP) is 1.99. The van der Waals surface area contributed by atoms with Crippen LogP contribution in [0.1, 0.15) is 11.3 Å². The van der Waals surface area contributed by atoms with Crippen molar-refractivity contribution in [3.8, 4) is 5.75 Å². The Morgan fingerprint density at radius 2 is 2.00 bits per heavy atom. The number of morpholine rings is 1. The Balaban J connectivity index is 1.36. The van der Waals surface area contributed by atoms with Gasteiger partial charge in [-0.25, -0.2) is 9.78 Å². The molecule has 8 heteroatoms. The van der Waals surface area contributed by atoms with Crippen LogP contribution in [0.2, 0.25) is 0 Å². The second-order valence-corrected chi connectivity index (χ2v) is 6.49. The van der Waals surface area contributed by atoms with Crippen molar-refractivity contribution in [1.29, 1.82) is 0 Å². The lowest BCUT2D eigenvalue weighted by Gasteiger charge is -2.26. The number of rotatable bonds is 9. The second-order valence-electron chi connectivity index (χ2n) is 6.49. The monoisotopic (exact) mass is 398 g/mol. The first-order valence-corrected chi connectivity index (χ1v) is 9.57. The summed E-state index contributed by atoms with van der Waals surface area (Å²) in [6.07, 6.45) is 6.04. The van der Waals surface area contributed by atoms with Crippen molar-refractivity contribution in [2.75, 3.05) is 51.9 Å². The van der Waals surface area contributed by atoms with E-state index in [9.17, 15) is 4.79 Å². The lowest BCUT2D eigenvalue weighted by Crippen LogP contribution is -2.35. The summed E-state index contributed by atoms with van der Waals surface area (Å²) in [7, 11) is 1.33. The van der Waals surface area contributed by atoms with Gasteiger partial charge in [0.2, 0.25) is 0 Å². The number of nitrogens with one attached hydrogen (secondary N) is 1. The first kappa shape index (κ1) is 20.8. The number of hydrogen-bond donors (Lipinski definition) is 1. The highest BCUT2D eigenvalue weighted by Gasteiger charge is 2.10. The molecule has 3 rings (SSSR count). The fourth-order valence-corrected chi connectivity index (χ4v) is 2.79. The molecule has 0 amide bonds. The molecule has 0 spiro atoms. The van der Waals surface area contributed by atoms with Gasteiger partial charge < -0.3 is 19.5 Å². The Morgan fingerprint density at radius 3 is 2.69 bits per heavy atom. The van der Waals surface area contributed by atoms with Crippen LogP contribution in [-0.2, 0) is 20.8 Å². The largest absolute Gasteiger partial charge is 0.492 e. The molecule has 2 heterocycles. The zero-order valence-corrected chi connectivity index (χ0v) is 16.5. The fourth-order valence-electron chi connectivity index (χ4n) is 2.79. The molecule has 0 unspecified atom stereocenters. The van der Waals surface area contributed by atoms with E-state index in [4.69, 9.17) is 9.47 Å². The van der Waals surface area contributed by atoms with Crippen LogP contribution in [0.4, 0.5) is 5.82 Å². The quantitative estimate of drug-likeness (QED) is 0.390. The number of carbonyl (C=O) groups is 1. The summed E-state index contributed by atoms with van der Waals surface area (Å²) < 4.78 is 15.7. The fraction of sp³-hybridized carbons (Fsp3) is 0.381. The molecule has 154 valence electrons. The number of carbonyl (C=O) groups excluding carboxylic acids is 1. The number of ether oxygens (including phenoxy) is 3. The van der Waals surface area contributed by atoms with Crippen molar-refractivity contribution in [3.05, 3.63) is 54.0 Å². The number of benzene rings is 1. The number of aromatic nitrogens is 2. The number of nitrogens with zero attached hydrogens (tertiary/aromatic N) is 3. The molecule has 1 aromatic carbocycles. The van der Waals surface area contributed by atoms with Crippen molar-refractivity contribution >= 4 is 17.9 Å². The predicted molar refractivity (Wildman–Crippen MR) is 110 cm³/mol. The topological polar surface area (TPSA) is 85.8 Å². The van der Waals surface area contributed by atoms with Gasteiger partial charge in [-0.3, -0.25) is 9.88 Å². The van der Waals surface area contributed by atoms with Crippen molar-refractivity contribution < 1.29 is 19.0 Å². The maximum Gasteiger partial charge on any atom is 0.330 e. The smallest absolute Gasteiger partial charge is 0.330 e. The van der Waals surface area contributed by atoms with Crippen LogP contribution in [0.15, 0.2) is 42.7 Å². The Kier molecular flexibility index (Phi) is 7.97. The van der Waals surface area contributed by atoms with E-state index < -0.39 is 5.97 Å². The third-order valence-corrected chi connectivity index (χ3v) is 4.37. The molecule has 1 aliphatic rings. The standard InChI is InChI=1S/C21H26N4O4/c1-27-21(26)7-4-18-14-24-20(15-23-18)22-8-11-29-19-5-2-17(3-6-19)16-25-9-12-28-13-10-25/h2-7,14-15H,8-13,16H2,1H3,(H,22,24)/b7-4+. The van der Waals surface area contributed by atoms with E-state index in [1.54, 1.807) is 18.5 Å². The number of methoxy groups -OCH3 is 1. The molecule has 1 N–H and O–H groups in total. The average molecular weight is 398 g/mol. The van der Waals surface area contributed by atoms with Crippen LogP contribution in [0.3, 0.4) is 0 Å². The van der Waals surface area contributed by atoms with Gasteiger partial charge in [-0.15, -0.1) is 0 Å². The van der Waals surface area contributed by atoms with Gasteiger partial charge in [0.15, 0.2) is 0 Å². The molecule has 8 nitrogen and oxygen atoms in total. The summed E-state index contributed by atoms with van der Waals surface area (Å²) in [4.78, 5) is 21.9. The van der Waals surface area contributed by atoms with Crippen LogP contribution in [0.25, 0.3) is 6.08 Å². The van der Waals surface area contributed by atoms with Crippen molar-refractivity contribution in [3.63, 3.8) is 0 Å². The highest BCUT2D eigenvalue weighted by atomic mass is 16.5. The highest BCUT2D eigenvalue weighted by Crippen LogP contribution is 2.14. The molecular formula is C21H26N4O4. The first-order chi connectivity index (χ1) is 14.2. The molecule has 2 aromatic rings. The number of esters is 1. The average Bonchev–Trinajstić information content (AvgIpc) is 2.77. The molecule has 0 radical (unpaired) electrons. The van der Waals surface area contributed by atoms with Crippen LogP contribution in [0, 0.1) is 0 Å². The van der Waals surface area contributed by atoms with Crippen LogP contribution in [0.5, 0.6) is 5.75 Å². The minimum absolute atomic E-state index is 0.430. The lowest BCUT2D eigenvalue weighted by atomic mass is 10.2. The number of anilines is 1. The van der Waals surface area contributed by atoms with E-state index in [1.807, 2.05) is 12.1 Å². The normalized spacial score (nSPS) is 14.7. The maximum atomic E-state index is 11.1. The van der Waals surface area contributed by atoms with Crippen LogP contribution < -0.4 is 10.1 Å². The summed E-state index contributed by atoms with van der Waals surface area (Å²) >= 11 is 0. The minimum Gasteiger partial charge on any atom is -0.492 e. The van der Waals surface area contributed by atoms with Gasteiger partial charge >= 0.3 is 5.97 Å². The zero-order chi connectivity index (χ0) is 20.3. The highest BCUT2D eigenvalue weighted by molar-refractivity contribution is 5.86. The Labute approximate surface area is 170 Å². The van der Waals surface area contributed by atoms with Gasteiger partial charge in [-0.1, -0.05) is 12.1 Å². The summed E-state index contributed by atoms with van der Waals surface area (Å²) in [6, 6.07) is 8.20. The first-order valence-electron chi connectivity index (χ1n) is 9.57. The number of hydrogen-bond acceptors (Lipinski definition) is 8. The minimum atomic E-state index is -0.430. The Bertz CT molecular complexity index is 787. The van der Waals surface area contributed by atoms with E-state index in [-0.39, 0.29) is 0 Å². The Morgan fingerprint density at radius 1 is 1.21 bits per heavy atom. The molecular weight excluding hydrogens is 372 g/mol. The van der Waals surface area contributed by atoms with E-state index >= 15 is 0 Å².